The first-order valence-corrected chi connectivity index (χ1v) is 6.86. The maximum atomic E-state index is 5.36. The third-order valence-electron chi connectivity index (χ3n) is 4.18. The zero-order chi connectivity index (χ0) is 12.5. The Balaban J connectivity index is 1.82. The molecule has 1 aromatic heterocycles. The standard InChI is InChI=1S/C15H20N2O/c1-3-17-8-6-12(7-9-17)13-4-5-14-11(2)16-18-15(14)10-13/h4-5,10,12H,3,6-9H2,1-2H3. The van der Waals surface area contributed by atoms with Crippen LogP contribution in [0.5, 0.6) is 0 Å². The second-order valence-corrected chi connectivity index (χ2v) is 5.23. The Morgan fingerprint density at radius 3 is 2.83 bits per heavy atom. The fraction of sp³-hybridized carbons (Fsp3) is 0.533. The molecule has 0 N–H and O–H groups in total. The highest BCUT2D eigenvalue weighted by Gasteiger charge is 2.20. The van der Waals surface area contributed by atoms with Crippen molar-refractivity contribution in [1.29, 1.82) is 0 Å². The summed E-state index contributed by atoms with van der Waals surface area (Å²) in [4.78, 5) is 2.52. The number of aromatic nitrogens is 1. The maximum Gasteiger partial charge on any atom is 0.167 e. The van der Waals surface area contributed by atoms with Crippen LogP contribution in [0.15, 0.2) is 22.7 Å². The van der Waals surface area contributed by atoms with Crippen LogP contribution in [0, 0.1) is 6.92 Å². The maximum absolute atomic E-state index is 5.36. The number of fused-ring (bicyclic) bond motifs is 1. The Bertz CT molecular complexity index is 538. The monoisotopic (exact) mass is 244 g/mol. The molecule has 3 heteroatoms. The van der Waals surface area contributed by atoms with E-state index >= 15 is 0 Å². The van der Waals surface area contributed by atoms with Crippen molar-refractivity contribution >= 4 is 11.0 Å². The first kappa shape index (κ1) is 11.7. The lowest BCUT2D eigenvalue weighted by atomic mass is 9.89. The Kier molecular flexibility index (Phi) is 3.08. The van der Waals surface area contributed by atoms with Crippen molar-refractivity contribution in [2.45, 2.75) is 32.6 Å². The molecule has 0 bridgehead atoms. The normalized spacial score (nSPS) is 18.6. The smallest absolute Gasteiger partial charge is 0.167 e. The van der Waals surface area contributed by atoms with Crippen LogP contribution in [0.4, 0.5) is 0 Å². The average Bonchev–Trinajstić information content (AvgIpc) is 2.80. The topological polar surface area (TPSA) is 29.3 Å². The molecule has 0 spiro atoms. The number of piperidine rings is 1. The molecule has 3 rings (SSSR count). The number of benzene rings is 1. The quantitative estimate of drug-likeness (QED) is 0.811. The summed E-state index contributed by atoms with van der Waals surface area (Å²) in [6.07, 6.45) is 2.51. The molecular weight excluding hydrogens is 224 g/mol. The third-order valence-corrected chi connectivity index (χ3v) is 4.18. The first-order valence-electron chi connectivity index (χ1n) is 6.86. The van der Waals surface area contributed by atoms with Gasteiger partial charge in [0.05, 0.1) is 5.69 Å². The van der Waals surface area contributed by atoms with Crippen molar-refractivity contribution in [3.8, 4) is 0 Å². The lowest BCUT2D eigenvalue weighted by Gasteiger charge is -2.31. The van der Waals surface area contributed by atoms with E-state index < -0.39 is 0 Å². The fourth-order valence-corrected chi connectivity index (χ4v) is 2.92. The van der Waals surface area contributed by atoms with Crippen molar-refractivity contribution in [3.63, 3.8) is 0 Å². The van der Waals surface area contributed by atoms with Crippen LogP contribution >= 0.6 is 0 Å². The zero-order valence-electron chi connectivity index (χ0n) is 11.1. The van der Waals surface area contributed by atoms with Crippen LogP contribution in [-0.2, 0) is 0 Å². The summed E-state index contributed by atoms with van der Waals surface area (Å²) in [7, 11) is 0. The van der Waals surface area contributed by atoms with E-state index in [4.69, 9.17) is 4.52 Å². The molecule has 18 heavy (non-hydrogen) atoms. The predicted octanol–water partition coefficient (Wildman–Crippen LogP) is 3.34. The van der Waals surface area contributed by atoms with Gasteiger partial charge in [-0.05, 0) is 63.0 Å². The van der Waals surface area contributed by atoms with Crippen LogP contribution in [0.1, 0.15) is 36.9 Å². The van der Waals surface area contributed by atoms with E-state index in [9.17, 15) is 0 Å². The van der Waals surface area contributed by atoms with E-state index in [2.05, 4.69) is 35.2 Å². The second-order valence-electron chi connectivity index (χ2n) is 5.23. The minimum absolute atomic E-state index is 0.683. The molecule has 1 saturated heterocycles. The minimum Gasteiger partial charge on any atom is -0.356 e. The van der Waals surface area contributed by atoms with Crippen molar-refractivity contribution in [3.05, 3.63) is 29.5 Å². The molecule has 0 amide bonds. The van der Waals surface area contributed by atoms with E-state index in [1.165, 1.54) is 38.0 Å². The van der Waals surface area contributed by atoms with E-state index in [1.54, 1.807) is 0 Å². The summed E-state index contributed by atoms with van der Waals surface area (Å²) < 4.78 is 5.36. The van der Waals surface area contributed by atoms with E-state index in [0.717, 1.165) is 16.7 Å². The Morgan fingerprint density at radius 1 is 1.33 bits per heavy atom. The lowest BCUT2D eigenvalue weighted by molar-refractivity contribution is 0.222. The van der Waals surface area contributed by atoms with Crippen LogP contribution in [0.3, 0.4) is 0 Å². The molecule has 1 aromatic carbocycles. The molecule has 1 aliphatic heterocycles. The first-order chi connectivity index (χ1) is 8.78. The number of hydrogen-bond acceptors (Lipinski definition) is 3. The Morgan fingerprint density at radius 2 is 2.11 bits per heavy atom. The van der Waals surface area contributed by atoms with Gasteiger partial charge in [0.2, 0.25) is 0 Å². The third kappa shape index (κ3) is 2.03. The van der Waals surface area contributed by atoms with E-state index in [-0.39, 0.29) is 0 Å². The van der Waals surface area contributed by atoms with Gasteiger partial charge in [-0.25, -0.2) is 0 Å². The highest BCUT2D eigenvalue weighted by molar-refractivity contribution is 5.79. The average molecular weight is 244 g/mol. The van der Waals surface area contributed by atoms with Crippen LogP contribution in [0.2, 0.25) is 0 Å². The highest BCUT2D eigenvalue weighted by atomic mass is 16.5. The summed E-state index contributed by atoms with van der Waals surface area (Å²) in [6, 6.07) is 6.59. The Labute approximate surface area is 108 Å². The van der Waals surface area contributed by atoms with Gasteiger partial charge in [0.15, 0.2) is 5.58 Å². The van der Waals surface area contributed by atoms with E-state index in [0.29, 0.717) is 5.92 Å². The number of hydrogen-bond donors (Lipinski definition) is 0. The van der Waals surface area contributed by atoms with Gasteiger partial charge in [0.25, 0.3) is 0 Å². The largest absolute Gasteiger partial charge is 0.356 e. The molecule has 0 aliphatic carbocycles. The molecule has 0 unspecified atom stereocenters. The van der Waals surface area contributed by atoms with Gasteiger partial charge >= 0.3 is 0 Å². The summed E-state index contributed by atoms with van der Waals surface area (Å²) in [6.45, 7) is 7.84. The molecule has 96 valence electrons. The lowest BCUT2D eigenvalue weighted by Crippen LogP contribution is -2.32. The van der Waals surface area contributed by atoms with Crippen molar-refractivity contribution < 1.29 is 4.52 Å². The van der Waals surface area contributed by atoms with Gasteiger partial charge < -0.3 is 9.42 Å². The minimum atomic E-state index is 0.683. The molecule has 2 aromatic rings. The molecule has 3 nitrogen and oxygen atoms in total. The van der Waals surface area contributed by atoms with Crippen LogP contribution in [0.25, 0.3) is 11.0 Å². The summed E-state index contributed by atoms with van der Waals surface area (Å²) in [5.41, 5.74) is 3.33. The fourth-order valence-electron chi connectivity index (χ4n) is 2.92. The van der Waals surface area contributed by atoms with Crippen LogP contribution in [-0.4, -0.2) is 29.7 Å². The molecular formula is C15H20N2O. The molecule has 1 fully saturated rings. The molecule has 0 saturated carbocycles. The Hall–Kier alpha value is -1.35. The SMILES string of the molecule is CCN1CCC(c2ccc3c(C)noc3c2)CC1. The second kappa shape index (κ2) is 4.73. The number of rotatable bonds is 2. The summed E-state index contributed by atoms with van der Waals surface area (Å²) in [5, 5.41) is 5.17. The molecule has 1 aliphatic rings. The van der Waals surface area contributed by atoms with Crippen molar-refractivity contribution in [2.75, 3.05) is 19.6 Å². The summed E-state index contributed by atoms with van der Waals surface area (Å²) >= 11 is 0. The number of likely N-dealkylation sites (tertiary alicyclic amines) is 1. The number of aryl methyl sites for hydroxylation is 1. The number of nitrogens with zero attached hydrogens (tertiary/aromatic N) is 2. The van der Waals surface area contributed by atoms with Crippen molar-refractivity contribution in [2.24, 2.45) is 0 Å². The predicted molar refractivity (Wildman–Crippen MR) is 72.8 cm³/mol. The van der Waals surface area contributed by atoms with Crippen LogP contribution < -0.4 is 0 Å². The summed E-state index contributed by atoms with van der Waals surface area (Å²) in [5.74, 6) is 0.683. The molecule has 0 radical (unpaired) electrons. The van der Waals surface area contributed by atoms with Gasteiger partial charge in [-0.3, -0.25) is 0 Å². The van der Waals surface area contributed by atoms with Gasteiger partial charge in [0.1, 0.15) is 0 Å². The van der Waals surface area contributed by atoms with Gasteiger partial charge in [-0.1, -0.05) is 18.1 Å². The zero-order valence-corrected chi connectivity index (χ0v) is 11.1. The highest BCUT2D eigenvalue weighted by Crippen LogP contribution is 2.30. The van der Waals surface area contributed by atoms with E-state index in [1.807, 2.05) is 6.92 Å². The molecule has 0 atom stereocenters. The van der Waals surface area contributed by atoms with Crippen molar-refractivity contribution in [1.82, 2.24) is 10.1 Å². The molecule has 2 heterocycles. The van der Waals surface area contributed by atoms with Gasteiger partial charge in [-0.2, -0.15) is 0 Å². The van der Waals surface area contributed by atoms with Gasteiger partial charge in [0, 0.05) is 5.39 Å². The van der Waals surface area contributed by atoms with Gasteiger partial charge in [-0.15, -0.1) is 0 Å².